The van der Waals surface area contributed by atoms with Crippen LogP contribution in [0.15, 0.2) is 0 Å². The van der Waals surface area contributed by atoms with Gasteiger partial charge in [0.1, 0.15) is 0 Å². The van der Waals surface area contributed by atoms with Gasteiger partial charge in [-0.05, 0) is 24.7 Å². The lowest BCUT2D eigenvalue weighted by Gasteiger charge is -2.37. The normalized spacial score (nSPS) is 57.4. The van der Waals surface area contributed by atoms with Crippen LogP contribution in [0.25, 0.3) is 0 Å². The predicted molar refractivity (Wildman–Crippen MR) is 61.1 cm³/mol. The zero-order valence-electron chi connectivity index (χ0n) is 10.3. The molecule has 4 aliphatic rings. The summed E-state index contributed by atoms with van der Waals surface area (Å²) in [5.74, 6) is 2.93. The maximum Gasteiger partial charge on any atom is 0.0740 e. The topological polar surface area (TPSA) is 18.5 Å². The first-order valence-corrected chi connectivity index (χ1v) is 7.02. The van der Waals surface area contributed by atoms with Gasteiger partial charge in [0.2, 0.25) is 0 Å². The van der Waals surface area contributed by atoms with Gasteiger partial charge in [0.05, 0.1) is 24.4 Å². The van der Waals surface area contributed by atoms with E-state index in [4.69, 9.17) is 9.47 Å². The van der Waals surface area contributed by atoms with Crippen molar-refractivity contribution < 1.29 is 9.47 Å². The Morgan fingerprint density at radius 2 is 1.69 bits per heavy atom. The maximum absolute atomic E-state index is 6.27. The summed E-state index contributed by atoms with van der Waals surface area (Å²) in [6.07, 6.45) is 6.33. The fourth-order valence-electron chi connectivity index (χ4n) is 5.08. The van der Waals surface area contributed by atoms with E-state index < -0.39 is 0 Å². The molecule has 1 aliphatic carbocycles. The molecule has 0 aromatic rings. The Kier molecular flexibility index (Phi) is 1.87. The summed E-state index contributed by atoms with van der Waals surface area (Å²) in [4.78, 5) is 0. The SMILES string of the molecule is CC1C(C)C2OC1C1COC3(CCCC3)C12. The zero-order valence-corrected chi connectivity index (χ0v) is 10.3. The number of rotatable bonds is 0. The van der Waals surface area contributed by atoms with Gasteiger partial charge in [-0.1, -0.05) is 26.7 Å². The summed E-state index contributed by atoms with van der Waals surface area (Å²) in [5, 5.41) is 0. The van der Waals surface area contributed by atoms with E-state index in [-0.39, 0.29) is 5.60 Å². The van der Waals surface area contributed by atoms with Gasteiger partial charge in [-0.25, -0.2) is 0 Å². The van der Waals surface area contributed by atoms with E-state index in [0.29, 0.717) is 18.1 Å². The Labute approximate surface area is 97.7 Å². The van der Waals surface area contributed by atoms with Crippen molar-refractivity contribution in [3.05, 3.63) is 0 Å². The fourth-order valence-corrected chi connectivity index (χ4v) is 5.08. The minimum absolute atomic E-state index is 0.235. The summed E-state index contributed by atoms with van der Waals surface area (Å²) < 4.78 is 12.5. The monoisotopic (exact) mass is 222 g/mol. The smallest absolute Gasteiger partial charge is 0.0740 e. The summed E-state index contributed by atoms with van der Waals surface area (Å²) in [6, 6.07) is 0. The van der Waals surface area contributed by atoms with Crippen LogP contribution in [-0.4, -0.2) is 24.4 Å². The molecule has 0 aromatic carbocycles. The molecule has 2 bridgehead atoms. The molecule has 3 aliphatic heterocycles. The number of ether oxygens (including phenoxy) is 2. The molecule has 6 unspecified atom stereocenters. The first kappa shape index (κ1) is 9.90. The van der Waals surface area contributed by atoms with E-state index in [1.807, 2.05) is 0 Å². The zero-order chi connectivity index (χ0) is 10.9. The molecule has 3 saturated heterocycles. The quantitative estimate of drug-likeness (QED) is 0.627. The second-order valence-electron chi connectivity index (χ2n) is 6.56. The molecule has 2 nitrogen and oxygen atoms in total. The Bertz CT molecular complexity index is 308. The first-order chi connectivity index (χ1) is 7.73. The van der Waals surface area contributed by atoms with E-state index in [1.54, 1.807) is 0 Å². The Hall–Kier alpha value is -0.0800. The first-order valence-electron chi connectivity index (χ1n) is 7.02. The Balaban J connectivity index is 1.70. The molecule has 4 fully saturated rings. The molecule has 1 saturated carbocycles. The van der Waals surface area contributed by atoms with Crippen LogP contribution >= 0.6 is 0 Å². The lowest BCUT2D eigenvalue weighted by molar-refractivity contribution is -0.0609. The molecule has 0 aromatic heterocycles. The van der Waals surface area contributed by atoms with Crippen LogP contribution in [0.5, 0.6) is 0 Å². The third-order valence-electron chi connectivity index (χ3n) is 6.04. The Morgan fingerprint density at radius 1 is 1.00 bits per heavy atom. The molecule has 3 heterocycles. The van der Waals surface area contributed by atoms with Crippen LogP contribution < -0.4 is 0 Å². The van der Waals surface area contributed by atoms with Crippen molar-refractivity contribution in [1.82, 2.24) is 0 Å². The average molecular weight is 222 g/mol. The molecule has 16 heavy (non-hydrogen) atoms. The van der Waals surface area contributed by atoms with Crippen LogP contribution in [0.4, 0.5) is 0 Å². The lowest BCUT2D eigenvalue weighted by Crippen LogP contribution is -2.44. The van der Waals surface area contributed by atoms with Crippen molar-refractivity contribution in [2.75, 3.05) is 6.61 Å². The summed E-state index contributed by atoms with van der Waals surface area (Å²) in [6.45, 7) is 5.72. The van der Waals surface area contributed by atoms with Crippen molar-refractivity contribution >= 4 is 0 Å². The third kappa shape index (κ3) is 0.971. The molecular weight excluding hydrogens is 200 g/mol. The van der Waals surface area contributed by atoms with Gasteiger partial charge in [-0.2, -0.15) is 0 Å². The van der Waals surface area contributed by atoms with E-state index in [1.165, 1.54) is 25.7 Å². The minimum atomic E-state index is 0.235. The summed E-state index contributed by atoms with van der Waals surface area (Å²) in [5.41, 5.74) is 0.235. The van der Waals surface area contributed by atoms with Crippen molar-refractivity contribution in [1.29, 1.82) is 0 Å². The van der Waals surface area contributed by atoms with Crippen molar-refractivity contribution in [2.24, 2.45) is 23.7 Å². The van der Waals surface area contributed by atoms with Crippen LogP contribution in [0, 0.1) is 23.7 Å². The lowest BCUT2D eigenvalue weighted by atomic mass is 9.65. The molecular formula is C14H22O2. The molecule has 0 N–H and O–H groups in total. The molecule has 90 valence electrons. The molecule has 0 amide bonds. The van der Waals surface area contributed by atoms with E-state index in [2.05, 4.69) is 13.8 Å². The molecule has 0 radical (unpaired) electrons. The largest absolute Gasteiger partial charge is 0.374 e. The molecule has 1 spiro atoms. The van der Waals surface area contributed by atoms with Crippen molar-refractivity contribution in [2.45, 2.75) is 57.3 Å². The van der Waals surface area contributed by atoms with Crippen LogP contribution in [0.2, 0.25) is 0 Å². The molecule has 2 heteroatoms. The summed E-state index contributed by atoms with van der Waals surface area (Å²) >= 11 is 0. The molecule has 4 rings (SSSR count). The van der Waals surface area contributed by atoms with Crippen LogP contribution in [0.3, 0.4) is 0 Å². The number of hydrogen-bond donors (Lipinski definition) is 0. The standard InChI is InChI=1S/C14H22O2/c1-8-9(2)13-11-10(12(8)16-13)7-15-14(11)5-3-4-6-14/h8-13H,3-7H2,1-2H3. The van der Waals surface area contributed by atoms with Gasteiger partial charge in [0.15, 0.2) is 0 Å². The van der Waals surface area contributed by atoms with Crippen molar-refractivity contribution in [3.63, 3.8) is 0 Å². The van der Waals surface area contributed by atoms with Crippen LogP contribution in [0.1, 0.15) is 39.5 Å². The van der Waals surface area contributed by atoms with Crippen molar-refractivity contribution in [3.8, 4) is 0 Å². The highest BCUT2D eigenvalue weighted by Gasteiger charge is 2.66. The fraction of sp³-hybridized carbons (Fsp3) is 1.00. The van der Waals surface area contributed by atoms with Gasteiger partial charge in [-0.3, -0.25) is 0 Å². The van der Waals surface area contributed by atoms with Gasteiger partial charge < -0.3 is 9.47 Å². The van der Waals surface area contributed by atoms with E-state index >= 15 is 0 Å². The van der Waals surface area contributed by atoms with Crippen LogP contribution in [-0.2, 0) is 9.47 Å². The number of fused-ring (bicyclic) bond motifs is 6. The highest BCUT2D eigenvalue weighted by atomic mass is 16.5. The van der Waals surface area contributed by atoms with Gasteiger partial charge in [0.25, 0.3) is 0 Å². The van der Waals surface area contributed by atoms with Gasteiger partial charge in [-0.15, -0.1) is 0 Å². The average Bonchev–Trinajstić information content (AvgIpc) is 2.99. The summed E-state index contributed by atoms with van der Waals surface area (Å²) in [7, 11) is 0. The highest BCUT2D eigenvalue weighted by molar-refractivity contribution is 5.13. The second-order valence-corrected chi connectivity index (χ2v) is 6.56. The van der Waals surface area contributed by atoms with E-state index in [0.717, 1.165) is 24.4 Å². The highest BCUT2D eigenvalue weighted by Crippen LogP contribution is 2.60. The van der Waals surface area contributed by atoms with E-state index in [9.17, 15) is 0 Å². The Morgan fingerprint density at radius 3 is 2.44 bits per heavy atom. The second kappa shape index (κ2) is 3.02. The maximum atomic E-state index is 6.27. The molecule has 6 atom stereocenters. The third-order valence-corrected chi connectivity index (χ3v) is 6.04. The number of hydrogen-bond acceptors (Lipinski definition) is 2. The van der Waals surface area contributed by atoms with Gasteiger partial charge >= 0.3 is 0 Å². The predicted octanol–water partition coefficient (Wildman–Crippen LogP) is 2.62. The van der Waals surface area contributed by atoms with Gasteiger partial charge in [0, 0.05) is 11.8 Å². The minimum Gasteiger partial charge on any atom is -0.374 e.